The molecule has 0 amide bonds. The Morgan fingerprint density at radius 2 is 1.93 bits per heavy atom. The number of alkyl halides is 1. The number of hydrogen-bond acceptors (Lipinski definition) is 3. The maximum absolute atomic E-state index is 12.6. The SMILES string of the molecule is CC[C@@H]1CCC2C3CC[C@H](C(=O)CBr)[C@@]3(C)CCC2[C@@]1(C)CC[C@H](O)OC. The predicted molar refractivity (Wildman–Crippen MR) is 113 cm³/mol. The summed E-state index contributed by atoms with van der Waals surface area (Å²) in [6.45, 7) is 7.26. The predicted octanol–water partition coefficient (Wildman–Crippen LogP) is 5.58. The summed E-state index contributed by atoms with van der Waals surface area (Å²) in [4.78, 5) is 12.6. The number of fused-ring (bicyclic) bond motifs is 3. The van der Waals surface area contributed by atoms with Crippen LogP contribution in [-0.2, 0) is 9.53 Å². The summed E-state index contributed by atoms with van der Waals surface area (Å²) in [7, 11) is 1.60. The van der Waals surface area contributed by atoms with E-state index in [9.17, 15) is 9.90 Å². The van der Waals surface area contributed by atoms with Crippen LogP contribution < -0.4 is 0 Å². The zero-order valence-electron chi connectivity index (χ0n) is 17.7. The molecule has 27 heavy (non-hydrogen) atoms. The van der Waals surface area contributed by atoms with E-state index in [1.54, 1.807) is 7.11 Å². The van der Waals surface area contributed by atoms with Crippen molar-refractivity contribution >= 4 is 21.7 Å². The molecule has 1 N–H and O–H groups in total. The number of ether oxygens (including phenoxy) is 1. The summed E-state index contributed by atoms with van der Waals surface area (Å²) in [5, 5.41) is 10.5. The van der Waals surface area contributed by atoms with Gasteiger partial charge in [0.25, 0.3) is 0 Å². The Hall–Kier alpha value is 0.0700. The van der Waals surface area contributed by atoms with E-state index in [2.05, 4.69) is 36.7 Å². The van der Waals surface area contributed by atoms with Gasteiger partial charge in [-0.25, -0.2) is 0 Å². The number of halogens is 1. The lowest BCUT2D eigenvalue weighted by Crippen LogP contribution is -2.52. The van der Waals surface area contributed by atoms with Crippen molar-refractivity contribution in [1.29, 1.82) is 0 Å². The van der Waals surface area contributed by atoms with Gasteiger partial charge in [-0.05, 0) is 85.9 Å². The fourth-order valence-electron chi connectivity index (χ4n) is 7.77. The monoisotopic (exact) mass is 442 g/mol. The quantitative estimate of drug-likeness (QED) is 0.413. The standard InChI is InChI=1S/C23H39BrO3/c1-5-15-6-7-16-17-8-9-19(20(25)14-24)23(17,3)12-10-18(16)22(15,2)13-11-21(26)27-4/h15-19,21,26H,5-14H2,1-4H3/t15-,16?,17?,18?,19-,21-,22+,23+/m1/s1. The lowest BCUT2D eigenvalue weighted by atomic mass is 9.46. The first-order valence-corrected chi connectivity index (χ1v) is 12.2. The van der Waals surface area contributed by atoms with E-state index in [0.29, 0.717) is 17.0 Å². The van der Waals surface area contributed by atoms with Gasteiger partial charge < -0.3 is 9.84 Å². The molecule has 4 heteroatoms. The largest absolute Gasteiger partial charge is 0.368 e. The molecule has 3 saturated carbocycles. The minimum absolute atomic E-state index is 0.206. The highest BCUT2D eigenvalue weighted by atomic mass is 79.9. The minimum atomic E-state index is -0.638. The molecule has 0 saturated heterocycles. The topological polar surface area (TPSA) is 46.5 Å². The normalized spacial score (nSPS) is 45.2. The first-order chi connectivity index (χ1) is 12.8. The molecular weight excluding hydrogens is 404 g/mol. The Labute approximate surface area is 174 Å². The zero-order chi connectivity index (χ0) is 19.8. The maximum atomic E-state index is 12.6. The number of hydrogen-bond donors (Lipinski definition) is 1. The van der Waals surface area contributed by atoms with Crippen LogP contribution in [0.1, 0.15) is 78.6 Å². The minimum Gasteiger partial charge on any atom is -0.368 e. The van der Waals surface area contributed by atoms with E-state index in [-0.39, 0.29) is 16.7 Å². The van der Waals surface area contributed by atoms with Crippen LogP contribution in [0, 0.1) is 40.4 Å². The van der Waals surface area contributed by atoms with Gasteiger partial charge in [-0.2, -0.15) is 0 Å². The molecule has 3 nitrogen and oxygen atoms in total. The molecule has 0 radical (unpaired) electrons. The summed E-state index contributed by atoms with van der Waals surface area (Å²) in [5.41, 5.74) is 0.494. The second kappa shape index (κ2) is 8.44. The Morgan fingerprint density at radius 3 is 2.56 bits per heavy atom. The van der Waals surface area contributed by atoms with Crippen LogP contribution >= 0.6 is 15.9 Å². The van der Waals surface area contributed by atoms with Gasteiger partial charge in [0.2, 0.25) is 0 Å². The van der Waals surface area contributed by atoms with E-state index >= 15 is 0 Å². The van der Waals surface area contributed by atoms with Gasteiger partial charge in [-0.3, -0.25) is 4.79 Å². The summed E-state index contributed by atoms with van der Waals surface area (Å²) < 4.78 is 5.14. The van der Waals surface area contributed by atoms with Crippen molar-refractivity contribution in [2.24, 2.45) is 40.4 Å². The van der Waals surface area contributed by atoms with E-state index in [1.807, 2.05) is 0 Å². The van der Waals surface area contributed by atoms with Crippen molar-refractivity contribution in [2.45, 2.75) is 84.8 Å². The third-order valence-corrected chi connectivity index (χ3v) is 9.83. The Kier molecular flexibility index (Phi) is 6.80. The summed E-state index contributed by atoms with van der Waals surface area (Å²) in [6.07, 6.45) is 9.78. The van der Waals surface area contributed by atoms with E-state index in [4.69, 9.17) is 4.74 Å². The number of carbonyl (C=O) groups is 1. The van der Waals surface area contributed by atoms with E-state index in [0.717, 1.165) is 37.0 Å². The van der Waals surface area contributed by atoms with Crippen LogP contribution in [0.25, 0.3) is 0 Å². The van der Waals surface area contributed by atoms with Crippen LogP contribution in [-0.4, -0.2) is 29.6 Å². The Bertz CT molecular complexity index is 538. The second-order valence-electron chi connectivity index (χ2n) is 10.1. The van der Waals surface area contributed by atoms with Crippen LogP contribution in [0.15, 0.2) is 0 Å². The lowest BCUT2D eigenvalue weighted by molar-refractivity contribution is -0.135. The third-order valence-electron chi connectivity index (χ3n) is 9.28. The molecule has 3 aliphatic rings. The zero-order valence-corrected chi connectivity index (χ0v) is 19.3. The molecule has 0 aromatic rings. The number of carbonyl (C=O) groups excluding carboxylic acids is 1. The molecule has 0 heterocycles. The smallest absolute Gasteiger partial charge is 0.154 e. The summed E-state index contributed by atoms with van der Waals surface area (Å²) in [5.74, 6) is 3.61. The molecule has 0 aromatic carbocycles. The van der Waals surface area contributed by atoms with Gasteiger partial charge >= 0.3 is 0 Å². The van der Waals surface area contributed by atoms with Gasteiger partial charge in [-0.1, -0.05) is 43.1 Å². The van der Waals surface area contributed by atoms with E-state index < -0.39 is 6.29 Å². The van der Waals surface area contributed by atoms with Gasteiger partial charge in [0.15, 0.2) is 6.29 Å². The van der Waals surface area contributed by atoms with Crippen molar-refractivity contribution in [2.75, 3.05) is 12.4 Å². The molecule has 156 valence electrons. The highest BCUT2D eigenvalue weighted by molar-refractivity contribution is 9.09. The molecule has 0 aliphatic heterocycles. The fraction of sp³-hybridized carbons (Fsp3) is 0.957. The average Bonchev–Trinajstić information content (AvgIpc) is 3.03. The number of Topliss-reactive ketones (excluding diaryl/α,β-unsaturated/α-hetero) is 1. The maximum Gasteiger partial charge on any atom is 0.154 e. The Morgan fingerprint density at radius 1 is 1.19 bits per heavy atom. The fourth-order valence-corrected chi connectivity index (χ4v) is 8.16. The average molecular weight is 443 g/mol. The molecule has 8 atom stereocenters. The highest BCUT2D eigenvalue weighted by Crippen LogP contribution is 2.66. The van der Waals surface area contributed by atoms with Crippen LogP contribution in [0.3, 0.4) is 0 Å². The summed E-state index contributed by atoms with van der Waals surface area (Å²) >= 11 is 3.43. The summed E-state index contributed by atoms with van der Waals surface area (Å²) in [6, 6.07) is 0. The van der Waals surface area contributed by atoms with E-state index in [1.165, 1.54) is 38.5 Å². The molecular formula is C23H39BrO3. The van der Waals surface area contributed by atoms with Crippen LogP contribution in [0.2, 0.25) is 0 Å². The molecule has 0 spiro atoms. The van der Waals surface area contributed by atoms with Crippen molar-refractivity contribution in [3.05, 3.63) is 0 Å². The number of rotatable bonds is 7. The number of aliphatic hydroxyl groups is 1. The third kappa shape index (κ3) is 3.68. The van der Waals surface area contributed by atoms with Gasteiger partial charge in [-0.15, -0.1) is 0 Å². The highest BCUT2D eigenvalue weighted by Gasteiger charge is 2.60. The van der Waals surface area contributed by atoms with Crippen molar-refractivity contribution in [1.82, 2.24) is 0 Å². The van der Waals surface area contributed by atoms with Gasteiger partial charge in [0.1, 0.15) is 5.78 Å². The first-order valence-electron chi connectivity index (χ1n) is 11.1. The molecule has 3 fully saturated rings. The molecule has 0 aromatic heterocycles. The van der Waals surface area contributed by atoms with Gasteiger partial charge in [0.05, 0.1) is 5.33 Å². The molecule has 0 bridgehead atoms. The Balaban J connectivity index is 1.83. The lowest BCUT2D eigenvalue weighted by Gasteiger charge is -2.59. The number of aliphatic hydroxyl groups excluding tert-OH is 1. The molecule has 3 aliphatic carbocycles. The van der Waals surface area contributed by atoms with Crippen molar-refractivity contribution in [3.8, 4) is 0 Å². The molecule has 3 unspecified atom stereocenters. The van der Waals surface area contributed by atoms with Crippen molar-refractivity contribution < 1.29 is 14.6 Å². The molecule has 3 rings (SSSR count). The number of methoxy groups -OCH3 is 1. The van der Waals surface area contributed by atoms with Crippen molar-refractivity contribution in [3.63, 3.8) is 0 Å². The second-order valence-corrected chi connectivity index (χ2v) is 10.6. The van der Waals surface area contributed by atoms with Crippen LogP contribution in [0.4, 0.5) is 0 Å². The number of ketones is 1. The van der Waals surface area contributed by atoms with Gasteiger partial charge in [0, 0.05) is 13.0 Å². The first kappa shape index (κ1) is 21.8. The van der Waals surface area contributed by atoms with Crippen LogP contribution in [0.5, 0.6) is 0 Å².